The molecule has 2 aliphatic rings. The van der Waals surface area contributed by atoms with Gasteiger partial charge >= 0.3 is 0 Å². The van der Waals surface area contributed by atoms with Crippen molar-refractivity contribution in [3.63, 3.8) is 0 Å². The number of methoxy groups -OCH3 is 2. The van der Waals surface area contributed by atoms with Crippen molar-refractivity contribution in [2.75, 3.05) is 38.8 Å². The second-order valence-corrected chi connectivity index (χ2v) is 12.2. The van der Waals surface area contributed by atoms with Crippen molar-refractivity contribution >= 4 is 54.2 Å². The first-order chi connectivity index (χ1) is 17.8. The largest absolute Gasteiger partial charge is 0.497 e. The monoisotopic (exact) mass is 565 g/mol. The first-order valence-electron chi connectivity index (χ1n) is 12.1. The zero-order valence-electron chi connectivity index (χ0n) is 20.6. The van der Waals surface area contributed by atoms with Crippen LogP contribution in [0, 0.1) is 0 Å². The molecule has 12 heteroatoms. The average Bonchev–Trinajstić information content (AvgIpc) is 3.68. The van der Waals surface area contributed by atoms with E-state index in [0.717, 1.165) is 12.8 Å². The number of nitrogens with zero attached hydrogens (tertiary/aromatic N) is 3. The number of ether oxygens (including phenoxy) is 3. The molecule has 2 saturated heterocycles. The molecule has 2 aromatic carbocycles. The molecule has 9 nitrogen and oxygen atoms in total. The maximum Gasteiger partial charge on any atom is 0.247 e. The fourth-order valence-electron chi connectivity index (χ4n) is 4.81. The van der Waals surface area contributed by atoms with Crippen LogP contribution >= 0.6 is 22.9 Å². The summed E-state index contributed by atoms with van der Waals surface area (Å²) in [5, 5.41) is 0.948. The van der Waals surface area contributed by atoms with Crippen molar-refractivity contribution in [2.45, 2.75) is 42.7 Å². The predicted molar refractivity (Wildman–Crippen MR) is 142 cm³/mol. The van der Waals surface area contributed by atoms with Gasteiger partial charge < -0.3 is 14.2 Å². The Morgan fingerprint density at radius 3 is 2.62 bits per heavy atom. The standard InChI is InChI=1S/C25H28ClN3O6S2/c1-33-16-7-9-18(10-8-16)37(31,32)29-13-3-6-20(29)24(30)28(15-17-5-4-14-35-17)25-27-22-21(34-2)12-11-19(26)23(22)36-25/h7-12,17,20H,3-6,13-15H2,1-2H3. The first-order valence-corrected chi connectivity index (χ1v) is 14.7. The highest BCUT2D eigenvalue weighted by atomic mass is 35.5. The van der Waals surface area contributed by atoms with Gasteiger partial charge in [-0.25, -0.2) is 13.4 Å². The van der Waals surface area contributed by atoms with Gasteiger partial charge in [0.05, 0.1) is 41.5 Å². The van der Waals surface area contributed by atoms with Crippen LogP contribution in [0.3, 0.4) is 0 Å². The summed E-state index contributed by atoms with van der Waals surface area (Å²) in [6.45, 7) is 1.18. The van der Waals surface area contributed by atoms with Crippen LogP contribution in [0.5, 0.6) is 11.5 Å². The van der Waals surface area contributed by atoms with Crippen molar-refractivity contribution < 1.29 is 27.4 Å². The molecule has 0 radical (unpaired) electrons. The minimum absolute atomic E-state index is 0.121. The molecule has 1 aromatic heterocycles. The fourth-order valence-corrected chi connectivity index (χ4v) is 7.74. The van der Waals surface area contributed by atoms with Gasteiger partial charge in [-0.15, -0.1) is 0 Å². The summed E-state index contributed by atoms with van der Waals surface area (Å²) >= 11 is 7.73. The summed E-state index contributed by atoms with van der Waals surface area (Å²) in [6.07, 6.45) is 2.58. The van der Waals surface area contributed by atoms with E-state index >= 15 is 0 Å². The molecule has 3 aromatic rings. The summed E-state index contributed by atoms with van der Waals surface area (Å²) in [5.74, 6) is 0.788. The highest BCUT2D eigenvalue weighted by Crippen LogP contribution is 2.40. The summed E-state index contributed by atoms with van der Waals surface area (Å²) in [6, 6.07) is 8.82. The van der Waals surface area contributed by atoms with Crippen molar-refractivity contribution in [1.29, 1.82) is 0 Å². The molecule has 2 unspecified atom stereocenters. The number of amides is 1. The van der Waals surface area contributed by atoms with Crippen LogP contribution < -0.4 is 14.4 Å². The molecular weight excluding hydrogens is 538 g/mol. The average molecular weight is 566 g/mol. The zero-order chi connectivity index (χ0) is 26.2. The number of fused-ring (bicyclic) bond motifs is 1. The molecule has 2 aliphatic heterocycles. The van der Waals surface area contributed by atoms with Gasteiger partial charge in [-0.2, -0.15) is 4.31 Å². The molecule has 0 N–H and O–H groups in total. The number of carbonyl (C=O) groups excluding carboxylic acids is 1. The normalized spacial score (nSPS) is 20.4. The molecule has 3 heterocycles. The van der Waals surface area contributed by atoms with E-state index in [-0.39, 0.29) is 30.0 Å². The lowest BCUT2D eigenvalue weighted by molar-refractivity contribution is -0.122. The lowest BCUT2D eigenvalue weighted by Gasteiger charge is -2.29. The van der Waals surface area contributed by atoms with Gasteiger partial charge in [0, 0.05) is 13.2 Å². The van der Waals surface area contributed by atoms with E-state index in [1.54, 1.807) is 36.3 Å². The Bertz CT molecular complexity index is 1390. The molecule has 37 heavy (non-hydrogen) atoms. The highest BCUT2D eigenvalue weighted by molar-refractivity contribution is 7.89. The zero-order valence-corrected chi connectivity index (χ0v) is 22.9. The summed E-state index contributed by atoms with van der Waals surface area (Å²) < 4.78 is 45.6. The Balaban J connectivity index is 1.50. The van der Waals surface area contributed by atoms with Crippen LogP contribution in [0.1, 0.15) is 25.7 Å². The third-order valence-corrected chi connectivity index (χ3v) is 10.2. The third kappa shape index (κ3) is 5.03. The summed E-state index contributed by atoms with van der Waals surface area (Å²) in [5.41, 5.74) is 0.564. The van der Waals surface area contributed by atoms with Gasteiger partial charge in [-0.3, -0.25) is 9.69 Å². The van der Waals surface area contributed by atoms with E-state index in [1.165, 1.54) is 34.9 Å². The van der Waals surface area contributed by atoms with E-state index in [1.807, 2.05) is 0 Å². The summed E-state index contributed by atoms with van der Waals surface area (Å²) in [4.78, 5) is 20.5. The number of sulfonamides is 1. The van der Waals surface area contributed by atoms with Gasteiger partial charge in [-0.05, 0) is 62.1 Å². The van der Waals surface area contributed by atoms with Crippen LogP contribution in [0.2, 0.25) is 5.02 Å². The van der Waals surface area contributed by atoms with Crippen molar-refractivity contribution in [3.05, 3.63) is 41.4 Å². The molecule has 5 rings (SSSR count). The Morgan fingerprint density at radius 1 is 1.16 bits per heavy atom. The minimum atomic E-state index is -3.90. The number of rotatable bonds is 8. The van der Waals surface area contributed by atoms with Crippen LogP contribution in [-0.4, -0.2) is 69.7 Å². The number of benzene rings is 2. The van der Waals surface area contributed by atoms with Gasteiger partial charge in [0.1, 0.15) is 23.1 Å². The minimum Gasteiger partial charge on any atom is -0.497 e. The smallest absolute Gasteiger partial charge is 0.247 e. The number of halogens is 1. The number of thiazole rings is 1. The molecule has 2 atom stereocenters. The Morgan fingerprint density at radius 2 is 1.95 bits per heavy atom. The van der Waals surface area contributed by atoms with E-state index in [0.29, 0.717) is 51.3 Å². The molecule has 0 aliphatic carbocycles. The van der Waals surface area contributed by atoms with E-state index in [4.69, 9.17) is 30.8 Å². The molecule has 0 bridgehead atoms. The SMILES string of the molecule is COc1ccc(S(=O)(=O)N2CCCC2C(=O)N(CC2CCCO2)c2nc3c(OC)ccc(Cl)c3s2)cc1. The van der Waals surface area contributed by atoms with Gasteiger partial charge in [-0.1, -0.05) is 22.9 Å². The Labute approximate surface area is 224 Å². The van der Waals surface area contributed by atoms with Crippen LogP contribution in [0.25, 0.3) is 10.2 Å². The lowest BCUT2D eigenvalue weighted by atomic mass is 10.2. The predicted octanol–water partition coefficient (Wildman–Crippen LogP) is 4.33. The molecule has 198 valence electrons. The number of aromatic nitrogens is 1. The Kier molecular flexibility index (Phi) is 7.60. The number of hydrogen-bond donors (Lipinski definition) is 0. The van der Waals surface area contributed by atoms with E-state index in [9.17, 15) is 13.2 Å². The topological polar surface area (TPSA) is 98.3 Å². The Hall–Kier alpha value is -2.44. The number of anilines is 1. The molecule has 1 amide bonds. The molecular formula is C25H28ClN3O6S2. The van der Waals surface area contributed by atoms with Crippen LogP contribution in [-0.2, 0) is 19.6 Å². The second kappa shape index (κ2) is 10.7. The first kappa shape index (κ1) is 26.2. The van der Waals surface area contributed by atoms with Crippen molar-refractivity contribution in [2.24, 2.45) is 0 Å². The van der Waals surface area contributed by atoms with Crippen molar-refractivity contribution in [3.8, 4) is 11.5 Å². The lowest BCUT2D eigenvalue weighted by Crippen LogP contribution is -2.49. The van der Waals surface area contributed by atoms with E-state index < -0.39 is 16.1 Å². The van der Waals surface area contributed by atoms with Crippen molar-refractivity contribution in [1.82, 2.24) is 9.29 Å². The molecule has 2 fully saturated rings. The second-order valence-electron chi connectivity index (χ2n) is 8.96. The van der Waals surface area contributed by atoms with Gasteiger partial charge in [0.2, 0.25) is 15.9 Å². The maximum atomic E-state index is 14.1. The van der Waals surface area contributed by atoms with Crippen LogP contribution in [0.15, 0.2) is 41.3 Å². The maximum absolute atomic E-state index is 14.1. The highest BCUT2D eigenvalue weighted by Gasteiger charge is 2.42. The van der Waals surface area contributed by atoms with Gasteiger partial charge in [0.15, 0.2) is 5.13 Å². The van der Waals surface area contributed by atoms with Crippen LogP contribution in [0.4, 0.5) is 5.13 Å². The molecule has 0 spiro atoms. The quantitative estimate of drug-likeness (QED) is 0.401. The molecule has 0 saturated carbocycles. The third-order valence-electron chi connectivity index (χ3n) is 6.73. The number of hydrogen-bond acceptors (Lipinski definition) is 8. The number of carbonyl (C=O) groups is 1. The summed E-state index contributed by atoms with van der Waals surface area (Å²) in [7, 11) is -0.829. The van der Waals surface area contributed by atoms with Gasteiger partial charge in [0.25, 0.3) is 0 Å². The van der Waals surface area contributed by atoms with E-state index in [2.05, 4.69) is 0 Å². The fraction of sp³-hybridized carbons (Fsp3) is 0.440.